The fourth-order valence-electron chi connectivity index (χ4n) is 3.83. The van der Waals surface area contributed by atoms with Crippen molar-refractivity contribution in [1.82, 2.24) is 14.2 Å². The number of anilines is 2. The Hall–Kier alpha value is -3.32. The summed E-state index contributed by atoms with van der Waals surface area (Å²) in [5.41, 5.74) is 1.48. The number of ether oxygens (including phenoxy) is 3. The molecular weight excluding hydrogens is 494 g/mol. The smallest absolute Gasteiger partial charge is 0.292 e. The molecule has 0 aliphatic carbocycles. The zero-order chi connectivity index (χ0) is 25.2. The molecule has 1 N–H and O–H groups in total. The van der Waals surface area contributed by atoms with Crippen LogP contribution in [0.5, 0.6) is 17.2 Å². The van der Waals surface area contributed by atoms with Crippen molar-refractivity contribution in [3.63, 3.8) is 0 Å². The summed E-state index contributed by atoms with van der Waals surface area (Å²) < 4.78 is 47.0. The van der Waals surface area contributed by atoms with Gasteiger partial charge in [0.25, 0.3) is 15.6 Å². The number of nitrogens with zero attached hydrogens (tertiary/aromatic N) is 4. The SMILES string of the molecule is COc1cc(OC)c(C=CS(=O)(=O)Nc2cnc3c(N4CCSCC4)c(=O)n(C)n3c2)c(OC)c1. The molecule has 11 nitrogen and oxygen atoms in total. The van der Waals surface area contributed by atoms with Crippen molar-refractivity contribution >= 4 is 44.9 Å². The lowest BCUT2D eigenvalue weighted by Gasteiger charge is -2.26. The maximum absolute atomic E-state index is 12.9. The number of sulfonamides is 1. The standard InChI is InChI=1S/C22H27N5O6S2/c1-25-22(28)20(26-6-8-34-9-7-26)21-23-13-15(14-27(21)25)24-35(29,30)10-5-17-18(32-3)11-16(31-2)12-19(17)33-4/h5,10-14,24H,6-9H2,1-4H3. The van der Waals surface area contributed by atoms with E-state index in [1.54, 1.807) is 23.7 Å². The fraction of sp³-hybridized carbons (Fsp3) is 0.364. The summed E-state index contributed by atoms with van der Waals surface area (Å²) in [5.74, 6) is 3.17. The van der Waals surface area contributed by atoms with Crippen LogP contribution < -0.4 is 29.4 Å². The molecule has 0 atom stereocenters. The number of methoxy groups -OCH3 is 3. The highest BCUT2D eigenvalue weighted by Crippen LogP contribution is 2.35. The predicted octanol–water partition coefficient (Wildman–Crippen LogP) is 2.02. The van der Waals surface area contributed by atoms with Crippen LogP contribution in [0.3, 0.4) is 0 Å². The highest BCUT2D eigenvalue weighted by atomic mass is 32.2. The molecule has 0 saturated carbocycles. The minimum absolute atomic E-state index is 0.178. The summed E-state index contributed by atoms with van der Waals surface area (Å²) in [6.45, 7) is 1.53. The molecule has 0 radical (unpaired) electrons. The third-order valence-electron chi connectivity index (χ3n) is 5.59. The van der Waals surface area contributed by atoms with Gasteiger partial charge in [0.05, 0.1) is 50.4 Å². The molecule has 1 aliphatic rings. The predicted molar refractivity (Wildman–Crippen MR) is 138 cm³/mol. The summed E-state index contributed by atoms with van der Waals surface area (Å²) in [6, 6.07) is 3.26. The van der Waals surface area contributed by atoms with E-state index in [0.29, 0.717) is 34.1 Å². The second-order valence-electron chi connectivity index (χ2n) is 7.68. The number of nitrogens with one attached hydrogen (secondary N) is 1. The molecule has 1 fully saturated rings. The maximum Gasteiger partial charge on any atom is 0.292 e. The van der Waals surface area contributed by atoms with Crippen molar-refractivity contribution < 1.29 is 22.6 Å². The molecular formula is C22H27N5O6S2. The first-order chi connectivity index (χ1) is 16.8. The molecule has 4 rings (SSSR count). The topological polar surface area (TPSA) is 116 Å². The number of aryl methyl sites for hydroxylation is 1. The zero-order valence-corrected chi connectivity index (χ0v) is 21.5. The molecule has 1 aliphatic heterocycles. The van der Waals surface area contributed by atoms with Gasteiger partial charge in [-0.05, 0) is 6.08 Å². The molecule has 0 amide bonds. The van der Waals surface area contributed by atoms with Crippen LogP contribution in [0, 0.1) is 0 Å². The average Bonchev–Trinajstić information content (AvgIpc) is 3.11. The van der Waals surface area contributed by atoms with Crippen LogP contribution in [0.15, 0.2) is 34.7 Å². The van der Waals surface area contributed by atoms with E-state index in [-0.39, 0.29) is 11.2 Å². The van der Waals surface area contributed by atoms with Gasteiger partial charge in [-0.25, -0.2) is 22.6 Å². The first-order valence-corrected chi connectivity index (χ1v) is 13.4. The van der Waals surface area contributed by atoms with Crippen molar-refractivity contribution in [2.45, 2.75) is 0 Å². The Balaban J connectivity index is 1.63. The summed E-state index contributed by atoms with van der Waals surface area (Å²) in [7, 11) is 2.15. The van der Waals surface area contributed by atoms with Crippen LogP contribution in [0.1, 0.15) is 5.56 Å². The van der Waals surface area contributed by atoms with E-state index in [0.717, 1.165) is 30.0 Å². The van der Waals surface area contributed by atoms with E-state index in [4.69, 9.17) is 14.2 Å². The van der Waals surface area contributed by atoms with Gasteiger partial charge in [0.15, 0.2) is 5.65 Å². The minimum Gasteiger partial charge on any atom is -0.496 e. The van der Waals surface area contributed by atoms with Gasteiger partial charge >= 0.3 is 0 Å². The molecule has 3 heterocycles. The number of rotatable bonds is 8. The molecule has 188 valence electrons. The average molecular weight is 522 g/mol. The van der Waals surface area contributed by atoms with Crippen LogP contribution in [0.2, 0.25) is 0 Å². The Bertz CT molecular complexity index is 1400. The Morgan fingerprint density at radius 1 is 1.09 bits per heavy atom. The largest absolute Gasteiger partial charge is 0.496 e. The van der Waals surface area contributed by atoms with Gasteiger partial charge in [0.1, 0.15) is 22.9 Å². The van der Waals surface area contributed by atoms with Crippen LogP contribution >= 0.6 is 11.8 Å². The van der Waals surface area contributed by atoms with Gasteiger partial charge in [-0.1, -0.05) is 0 Å². The zero-order valence-electron chi connectivity index (χ0n) is 19.8. The van der Waals surface area contributed by atoms with E-state index < -0.39 is 10.0 Å². The third kappa shape index (κ3) is 5.05. The highest BCUT2D eigenvalue weighted by molar-refractivity contribution is 7.99. The van der Waals surface area contributed by atoms with E-state index >= 15 is 0 Å². The maximum atomic E-state index is 12.9. The van der Waals surface area contributed by atoms with Gasteiger partial charge in [0.2, 0.25) is 0 Å². The van der Waals surface area contributed by atoms with Crippen molar-refractivity contribution in [2.75, 3.05) is 55.5 Å². The molecule has 13 heteroatoms. The van der Waals surface area contributed by atoms with Crippen molar-refractivity contribution in [3.05, 3.63) is 45.9 Å². The van der Waals surface area contributed by atoms with Gasteiger partial charge < -0.3 is 19.1 Å². The number of hydrogen-bond donors (Lipinski definition) is 1. The second-order valence-corrected chi connectivity index (χ2v) is 10.5. The Morgan fingerprint density at radius 2 is 1.74 bits per heavy atom. The summed E-state index contributed by atoms with van der Waals surface area (Å²) in [6.07, 6.45) is 4.31. The molecule has 0 unspecified atom stereocenters. The van der Waals surface area contributed by atoms with Crippen LogP contribution in [0.4, 0.5) is 11.4 Å². The summed E-state index contributed by atoms with van der Waals surface area (Å²) in [4.78, 5) is 19.3. The highest BCUT2D eigenvalue weighted by Gasteiger charge is 2.22. The number of fused-ring (bicyclic) bond motifs is 1. The quantitative estimate of drug-likeness (QED) is 0.475. The van der Waals surface area contributed by atoms with Crippen molar-refractivity contribution in [2.24, 2.45) is 7.05 Å². The van der Waals surface area contributed by atoms with E-state index in [9.17, 15) is 13.2 Å². The number of thioether (sulfide) groups is 1. The lowest BCUT2D eigenvalue weighted by Crippen LogP contribution is -2.35. The van der Waals surface area contributed by atoms with E-state index in [1.807, 2.05) is 16.7 Å². The molecule has 0 bridgehead atoms. The lowest BCUT2D eigenvalue weighted by molar-refractivity contribution is 0.374. The first-order valence-electron chi connectivity index (χ1n) is 10.7. The summed E-state index contributed by atoms with van der Waals surface area (Å²) in [5, 5.41) is 1.01. The van der Waals surface area contributed by atoms with Gasteiger partial charge in [0, 0.05) is 43.8 Å². The van der Waals surface area contributed by atoms with Crippen LogP contribution in [0.25, 0.3) is 11.7 Å². The van der Waals surface area contributed by atoms with Gasteiger partial charge in [-0.15, -0.1) is 0 Å². The molecule has 3 aromatic rings. The Morgan fingerprint density at radius 3 is 2.34 bits per heavy atom. The third-order valence-corrected chi connectivity index (χ3v) is 7.55. The van der Waals surface area contributed by atoms with E-state index in [2.05, 4.69) is 9.71 Å². The summed E-state index contributed by atoms with van der Waals surface area (Å²) >= 11 is 1.85. The lowest BCUT2D eigenvalue weighted by atomic mass is 10.1. The van der Waals surface area contributed by atoms with Gasteiger partial charge in [-0.2, -0.15) is 11.8 Å². The molecule has 35 heavy (non-hydrogen) atoms. The van der Waals surface area contributed by atoms with Crippen LogP contribution in [-0.2, 0) is 17.1 Å². The van der Waals surface area contributed by atoms with E-state index in [1.165, 1.54) is 44.5 Å². The first kappa shape index (κ1) is 24.8. The monoisotopic (exact) mass is 521 g/mol. The molecule has 2 aromatic heterocycles. The Kier molecular flexibility index (Phi) is 7.17. The van der Waals surface area contributed by atoms with Gasteiger partial charge in [-0.3, -0.25) is 9.52 Å². The Labute approximate surface area is 207 Å². The normalized spacial score (nSPS) is 14.5. The second kappa shape index (κ2) is 10.1. The van der Waals surface area contributed by atoms with Crippen LogP contribution in [-0.4, -0.2) is 68.5 Å². The molecule has 1 saturated heterocycles. The minimum atomic E-state index is -3.93. The van der Waals surface area contributed by atoms with Crippen molar-refractivity contribution in [3.8, 4) is 17.2 Å². The fourth-order valence-corrected chi connectivity index (χ4v) is 5.55. The van der Waals surface area contributed by atoms with Crippen molar-refractivity contribution in [1.29, 1.82) is 0 Å². The number of aromatic nitrogens is 3. The molecule has 1 aromatic carbocycles. The number of hydrogen-bond acceptors (Lipinski definition) is 9. The molecule has 0 spiro atoms. The number of benzene rings is 1.